The molecule has 2 aliphatic rings. The number of carbonyl (C=O) groups excluding carboxylic acids is 2. The second-order valence-electron chi connectivity index (χ2n) is 6.51. The van der Waals surface area contributed by atoms with Gasteiger partial charge in [-0.05, 0) is 33.7 Å². The van der Waals surface area contributed by atoms with E-state index < -0.39 is 11.6 Å². The Balaban J connectivity index is 0.00000208. The molecule has 1 spiro atoms. The van der Waals surface area contributed by atoms with E-state index in [9.17, 15) is 9.59 Å². The number of nitrogens with zero attached hydrogens (tertiary/aromatic N) is 3. The molecule has 24 heavy (non-hydrogen) atoms. The highest BCUT2D eigenvalue weighted by molar-refractivity contribution is 6.07. The van der Waals surface area contributed by atoms with Crippen LogP contribution in [0.1, 0.15) is 57.3 Å². The van der Waals surface area contributed by atoms with Gasteiger partial charge in [0.15, 0.2) is 5.82 Å². The van der Waals surface area contributed by atoms with Gasteiger partial charge in [0, 0.05) is 12.5 Å². The Kier molecular flexibility index (Phi) is 5.49. The van der Waals surface area contributed by atoms with Crippen LogP contribution in [0, 0.1) is 0 Å². The molecule has 2 fully saturated rings. The lowest BCUT2D eigenvalue weighted by Gasteiger charge is -2.22. The number of carbonyl (C=O) groups is 2. The third kappa shape index (κ3) is 3.12. The van der Waals surface area contributed by atoms with E-state index in [4.69, 9.17) is 4.52 Å². The number of likely N-dealkylation sites (N-methyl/N-ethyl adjacent to an activating group) is 1. The minimum absolute atomic E-state index is 0. The van der Waals surface area contributed by atoms with Crippen LogP contribution in [0.25, 0.3) is 0 Å². The molecule has 2 atom stereocenters. The van der Waals surface area contributed by atoms with E-state index in [1.807, 2.05) is 14.0 Å². The topological polar surface area (TPSA) is 100 Å². The van der Waals surface area contributed by atoms with Gasteiger partial charge in [-0.1, -0.05) is 18.0 Å². The van der Waals surface area contributed by atoms with E-state index >= 15 is 0 Å². The SMILES string of the molecule is CNC(C)Cc1noc(C(C)N2C(=O)NC3(CCCC3)C2=O)n1.Cl. The van der Waals surface area contributed by atoms with Crippen LogP contribution in [0.3, 0.4) is 0 Å². The molecule has 8 nitrogen and oxygen atoms in total. The van der Waals surface area contributed by atoms with Crippen molar-refractivity contribution in [1.82, 2.24) is 25.7 Å². The Bertz CT molecular complexity index is 614. The first kappa shape index (κ1) is 18.7. The zero-order chi connectivity index (χ0) is 16.6. The van der Waals surface area contributed by atoms with Gasteiger partial charge in [0.05, 0.1) is 0 Å². The monoisotopic (exact) mass is 357 g/mol. The lowest BCUT2D eigenvalue weighted by Crippen LogP contribution is -2.44. The predicted molar refractivity (Wildman–Crippen MR) is 88.8 cm³/mol. The van der Waals surface area contributed by atoms with Crippen LogP contribution in [0.15, 0.2) is 4.52 Å². The molecule has 2 unspecified atom stereocenters. The molecule has 134 valence electrons. The van der Waals surface area contributed by atoms with Crippen molar-refractivity contribution in [3.63, 3.8) is 0 Å². The molecule has 0 radical (unpaired) electrons. The molecule has 0 aromatic carbocycles. The highest BCUT2D eigenvalue weighted by Crippen LogP contribution is 2.37. The van der Waals surface area contributed by atoms with Crippen molar-refractivity contribution in [2.45, 2.75) is 63.6 Å². The predicted octanol–water partition coefficient (Wildman–Crippen LogP) is 1.57. The summed E-state index contributed by atoms with van der Waals surface area (Å²) in [6, 6.07) is -0.712. The second-order valence-corrected chi connectivity index (χ2v) is 6.51. The summed E-state index contributed by atoms with van der Waals surface area (Å²) >= 11 is 0. The average molecular weight is 358 g/mol. The van der Waals surface area contributed by atoms with Gasteiger partial charge >= 0.3 is 6.03 Å². The third-order valence-corrected chi connectivity index (χ3v) is 4.86. The summed E-state index contributed by atoms with van der Waals surface area (Å²) in [4.78, 5) is 30.6. The van der Waals surface area contributed by atoms with Gasteiger partial charge < -0.3 is 15.2 Å². The van der Waals surface area contributed by atoms with Crippen molar-refractivity contribution >= 4 is 24.3 Å². The van der Waals surface area contributed by atoms with Gasteiger partial charge in [-0.25, -0.2) is 9.69 Å². The average Bonchev–Trinajstić information content (AvgIpc) is 3.21. The number of nitrogens with one attached hydrogen (secondary N) is 2. The van der Waals surface area contributed by atoms with E-state index in [0.717, 1.165) is 12.8 Å². The fourth-order valence-corrected chi connectivity index (χ4v) is 3.32. The number of hydrogen-bond donors (Lipinski definition) is 2. The van der Waals surface area contributed by atoms with E-state index in [0.29, 0.717) is 31.0 Å². The minimum Gasteiger partial charge on any atom is -0.337 e. The Morgan fingerprint density at radius 2 is 2.00 bits per heavy atom. The third-order valence-electron chi connectivity index (χ3n) is 4.86. The summed E-state index contributed by atoms with van der Waals surface area (Å²) < 4.78 is 5.27. The highest BCUT2D eigenvalue weighted by Gasteiger charge is 2.54. The van der Waals surface area contributed by atoms with Crippen LogP contribution in [-0.2, 0) is 11.2 Å². The number of aromatic nitrogens is 2. The van der Waals surface area contributed by atoms with Crippen molar-refractivity contribution in [2.75, 3.05) is 7.05 Å². The molecule has 1 aromatic heterocycles. The summed E-state index contributed by atoms with van der Waals surface area (Å²) in [5.41, 5.74) is -0.713. The summed E-state index contributed by atoms with van der Waals surface area (Å²) in [6.45, 7) is 3.75. The maximum Gasteiger partial charge on any atom is 0.325 e. The van der Waals surface area contributed by atoms with E-state index in [1.165, 1.54) is 4.90 Å². The summed E-state index contributed by atoms with van der Waals surface area (Å²) in [5, 5.41) is 9.91. The maximum absolute atomic E-state index is 12.7. The Hall–Kier alpha value is -1.67. The van der Waals surface area contributed by atoms with Crippen molar-refractivity contribution < 1.29 is 14.1 Å². The molecule has 2 N–H and O–H groups in total. The number of urea groups is 1. The van der Waals surface area contributed by atoms with Crippen LogP contribution in [0.5, 0.6) is 0 Å². The fraction of sp³-hybridized carbons (Fsp3) is 0.733. The van der Waals surface area contributed by atoms with Crippen molar-refractivity contribution in [3.05, 3.63) is 11.7 Å². The largest absolute Gasteiger partial charge is 0.337 e. The van der Waals surface area contributed by atoms with Gasteiger partial charge in [-0.2, -0.15) is 4.98 Å². The smallest absolute Gasteiger partial charge is 0.325 e. The lowest BCUT2D eigenvalue weighted by molar-refractivity contribution is -0.132. The van der Waals surface area contributed by atoms with E-state index in [-0.39, 0.29) is 30.4 Å². The van der Waals surface area contributed by atoms with Gasteiger partial charge in [-0.3, -0.25) is 4.79 Å². The molecule has 9 heteroatoms. The van der Waals surface area contributed by atoms with Crippen molar-refractivity contribution in [2.24, 2.45) is 0 Å². The van der Waals surface area contributed by atoms with Crippen LogP contribution < -0.4 is 10.6 Å². The zero-order valence-electron chi connectivity index (χ0n) is 14.2. The Morgan fingerprint density at radius 1 is 1.33 bits per heavy atom. The number of rotatable bonds is 5. The molecule has 1 saturated carbocycles. The Morgan fingerprint density at radius 3 is 2.62 bits per heavy atom. The molecule has 1 saturated heterocycles. The van der Waals surface area contributed by atoms with E-state index in [2.05, 4.69) is 20.8 Å². The quantitative estimate of drug-likeness (QED) is 0.776. The van der Waals surface area contributed by atoms with Gasteiger partial charge in [0.25, 0.3) is 5.91 Å². The number of halogens is 1. The fourth-order valence-electron chi connectivity index (χ4n) is 3.32. The first-order valence-corrected chi connectivity index (χ1v) is 8.12. The van der Waals surface area contributed by atoms with Crippen LogP contribution in [-0.4, -0.2) is 45.6 Å². The first-order chi connectivity index (χ1) is 11.0. The molecule has 1 aromatic rings. The van der Waals surface area contributed by atoms with Crippen molar-refractivity contribution in [3.8, 4) is 0 Å². The standard InChI is InChI=1S/C15H23N5O3.ClH/c1-9(16-3)8-11-17-12(23-19-11)10(2)20-13(21)15(18-14(20)22)6-4-5-7-15;/h9-10,16H,4-8H2,1-3H3,(H,18,22);1H. The molecular weight excluding hydrogens is 334 g/mol. The number of hydrogen-bond acceptors (Lipinski definition) is 6. The normalized spacial score (nSPS) is 21.7. The highest BCUT2D eigenvalue weighted by atomic mass is 35.5. The maximum atomic E-state index is 12.7. The summed E-state index contributed by atoms with van der Waals surface area (Å²) in [6.07, 6.45) is 3.95. The van der Waals surface area contributed by atoms with Gasteiger partial charge in [-0.15, -0.1) is 12.4 Å². The Labute approximate surface area is 147 Å². The lowest BCUT2D eigenvalue weighted by atomic mass is 9.98. The zero-order valence-corrected chi connectivity index (χ0v) is 15.0. The molecule has 1 aliphatic heterocycles. The molecule has 3 amide bonds. The van der Waals surface area contributed by atoms with Crippen LogP contribution >= 0.6 is 12.4 Å². The molecule has 2 heterocycles. The summed E-state index contributed by atoms with van der Waals surface area (Å²) in [7, 11) is 1.86. The number of imide groups is 1. The van der Waals surface area contributed by atoms with Crippen LogP contribution in [0.2, 0.25) is 0 Å². The second kappa shape index (κ2) is 7.06. The van der Waals surface area contributed by atoms with Gasteiger partial charge in [0.1, 0.15) is 11.6 Å². The summed E-state index contributed by atoms with van der Waals surface area (Å²) in [5.74, 6) is 0.689. The van der Waals surface area contributed by atoms with Gasteiger partial charge in [0.2, 0.25) is 5.89 Å². The molecule has 0 bridgehead atoms. The minimum atomic E-state index is -0.713. The number of amides is 3. The molecular formula is C15H24ClN5O3. The van der Waals surface area contributed by atoms with Crippen LogP contribution in [0.4, 0.5) is 4.79 Å². The first-order valence-electron chi connectivity index (χ1n) is 8.12. The van der Waals surface area contributed by atoms with Crippen molar-refractivity contribution in [1.29, 1.82) is 0 Å². The van der Waals surface area contributed by atoms with E-state index in [1.54, 1.807) is 6.92 Å². The molecule has 3 rings (SSSR count). The molecule has 1 aliphatic carbocycles.